The van der Waals surface area contributed by atoms with Gasteiger partial charge in [-0.1, -0.05) is 17.7 Å². The maximum absolute atomic E-state index is 11.2. The van der Waals surface area contributed by atoms with Crippen LogP contribution in [-0.2, 0) is 9.59 Å². The molecule has 0 heterocycles. The van der Waals surface area contributed by atoms with Gasteiger partial charge in [0.25, 0.3) is 0 Å². The van der Waals surface area contributed by atoms with Crippen molar-refractivity contribution in [3.63, 3.8) is 0 Å². The van der Waals surface area contributed by atoms with Crippen molar-refractivity contribution in [2.75, 3.05) is 0 Å². The lowest BCUT2D eigenvalue weighted by molar-refractivity contribution is -0.147. The molecule has 1 aromatic carbocycles. The van der Waals surface area contributed by atoms with Gasteiger partial charge in [0, 0.05) is 5.02 Å². The Hall–Kier alpha value is -1.10. The molecule has 4 nitrogen and oxygen atoms in total. The molecule has 1 rings (SSSR count). The number of aliphatic carboxylic acids is 1. The number of hydrogen-bond acceptors (Lipinski definition) is 3. The minimum absolute atomic E-state index is 0.0280. The minimum atomic E-state index is -1.76. The van der Waals surface area contributed by atoms with Gasteiger partial charge in [-0.3, -0.25) is 4.79 Å². The molecule has 0 saturated carbocycles. The SMILES string of the molecule is CC(=O)C(Cl)c1ccc(Cl)cc1C(O)C(=O)O. The largest absolute Gasteiger partial charge is 0.479 e. The van der Waals surface area contributed by atoms with Gasteiger partial charge in [0.05, 0.1) is 0 Å². The van der Waals surface area contributed by atoms with Crippen LogP contribution in [0.25, 0.3) is 0 Å². The van der Waals surface area contributed by atoms with Crippen molar-refractivity contribution < 1.29 is 19.8 Å². The van der Waals surface area contributed by atoms with E-state index in [0.717, 1.165) is 0 Å². The fourth-order valence-electron chi connectivity index (χ4n) is 1.37. The fourth-order valence-corrected chi connectivity index (χ4v) is 1.74. The summed E-state index contributed by atoms with van der Waals surface area (Å²) in [6.07, 6.45) is -1.76. The summed E-state index contributed by atoms with van der Waals surface area (Å²) in [5.41, 5.74) is 0.277. The number of halogens is 2. The summed E-state index contributed by atoms with van der Waals surface area (Å²) in [6.45, 7) is 1.28. The van der Waals surface area contributed by atoms with Crippen molar-refractivity contribution in [1.82, 2.24) is 0 Å². The van der Waals surface area contributed by atoms with Crippen molar-refractivity contribution in [3.8, 4) is 0 Å². The molecule has 0 aliphatic heterocycles. The number of ketones is 1. The molecule has 0 aliphatic carbocycles. The van der Waals surface area contributed by atoms with Crippen molar-refractivity contribution in [2.45, 2.75) is 18.4 Å². The van der Waals surface area contributed by atoms with Gasteiger partial charge in [-0.25, -0.2) is 4.79 Å². The van der Waals surface area contributed by atoms with Crippen LogP contribution in [0.3, 0.4) is 0 Å². The maximum atomic E-state index is 11.2. The van der Waals surface area contributed by atoms with Crippen LogP contribution in [0.1, 0.15) is 29.5 Å². The molecule has 0 spiro atoms. The molecule has 0 bridgehead atoms. The van der Waals surface area contributed by atoms with Gasteiger partial charge in [0.1, 0.15) is 5.38 Å². The standard InChI is InChI=1S/C11H10Cl2O4/c1-5(14)9(13)7-3-2-6(12)4-8(7)10(15)11(16)17/h2-4,9-10,15H,1H3,(H,16,17). The third kappa shape index (κ3) is 3.19. The van der Waals surface area contributed by atoms with Crippen LogP contribution in [0.2, 0.25) is 5.02 Å². The van der Waals surface area contributed by atoms with E-state index in [1.807, 2.05) is 0 Å². The second kappa shape index (κ2) is 5.49. The van der Waals surface area contributed by atoms with Crippen LogP contribution in [0.5, 0.6) is 0 Å². The highest BCUT2D eigenvalue weighted by atomic mass is 35.5. The number of aliphatic hydroxyl groups is 1. The smallest absolute Gasteiger partial charge is 0.337 e. The molecule has 1 aromatic rings. The summed E-state index contributed by atoms with van der Waals surface area (Å²) in [4.78, 5) is 21.9. The fraction of sp³-hybridized carbons (Fsp3) is 0.273. The zero-order chi connectivity index (χ0) is 13.2. The molecule has 0 radical (unpaired) electrons. The molecule has 0 saturated heterocycles. The number of benzene rings is 1. The predicted octanol–water partition coefficient (Wildman–Crippen LogP) is 2.33. The number of rotatable bonds is 4. The molecule has 17 heavy (non-hydrogen) atoms. The van der Waals surface area contributed by atoms with Crippen molar-refractivity contribution in [1.29, 1.82) is 0 Å². The van der Waals surface area contributed by atoms with E-state index in [1.165, 1.54) is 25.1 Å². The van der Waals surface area contributed by atoms with E-state index in [4.69, 9.17) is 28.3 Å². The molecule has 0 aliphatic rings. The summed E-state index contributed by atoms with van der Waals surface area (Å²) in [6, 6.07) is 4.20. The lowest BCUT2D eigenvalue weighted by Crippen LogP contribution is -2.15. The van der Waals surface area contributed by atoms with Gasteiger partial charge in [-0.05, 0) is 30.2 Å². The lowest BCUT2D eigenvalue weighted by atomic mass is 9.98. The van der Waals surface area contributed by atoms with E-state index in [9.17, 15) is 14.7 Å². The number of Topliss-reactive ketones (excluding diaryl/α,β-unsaturated/α-hetero) is 1. The van der Waals surface area contributed by atoms with E-state index in [2.05, 4.69) is 0 Å². The highest BCUT2D eigenvalue weighted by Crippen LogP contribution is 2.31. The van der Waals surface area contributed by atoms with Crippen LogP contribution in [0.4, 0.5) is 0 Å². The zero-order valence-corrected chi connectivity index (χ0v) is 10.4. The average molecular weight is 277 g/mol. The quantitative estimate of drug-likeness (QED) is 0.828. The lowest BCUT2D eigenvalue weighted by Gasteiger charge is -2.15. The number of carbonyl (C=O) groups excluding carboxylic acids is 1. The molecule has 92 valence electrons. The number of hydrogen-bond donors (Lipinski definition) is 2. The Labute approximate surface area is 108 Å². The Kier molecular flexibility index (Phi) is 4.51. The number of carboxylic acids is 1. The molecule has 0 amide bonds. The highest BCUT2D eigenvalue weighted by molar-refractivity contribution is 6.32. The van der Waals surface area contributed by atoms with Crippen LogP contribution < -0.4 is 0 Å². The summed E-state index contributed by atoms with van der Waals surface area (Å²) >= 11 is 11.6. The molecular weight excluding hydrogens is 267 g/mol. The van der Waals surface area contributed by atoms with Gasteiger partial charge in [-0.15, -0.1) is 11.6 Å². The number of carboxylic acid groups (broad SMARTS) is 1. The first-order valence-electron chi connectivity index (χ1n) is 4.69. The molecule has 0 aromatic heterocycles. The van der Waals surface area contributed by atoms with E-state index in [0.29, 0.717) is 0 Å². The van der Waals surface area contributed by atoms with Gasteiger partial charge in [-0.2, -0.15) is 0 Å². The normalized spacial score (nSPS) is 14.1. The number of alkyl halides is 1. The van der Waals surface area contributed by atoms with Crippen LogP contribution in [-0.4, -0.2) is 22.0 Å². The Balaban J connectivity index is 3.30. The Morgan fingerprint density at radius 2 is 1.88 bits per heavy atom. The van der Waals surface area contributed by atoms with Crippen LogP contribution >= 0.6 is 23.2 Å². The maximum Gasteiger partial charge on any atom is 0.337 e. The first kappa shape index (κ1) is 14.0. The average Bonchev–Trinajstić information content (AvgIpc) is 2.26. The molecule has 2 atom stereocenters. The van der Waals surface area contributed by atoms with Crippen molar-refractivity contribution >= 4 is 35.0 Å². The Bertz CT molecular complexity index is 459. The van der Waals surface area contributed by atoms with Gasteiger partial charge in [0.2, 0.25) is 0 Å². The molecule has 2 unspecified atom stereocenters. The summed E-state index contributed by atoms with van der Waals surface area (Å²) in [5.74, 6) is -1.77. The number of carbonyl (C=O) groups is 2. The van der Waals surface area contributed by atoms with Crippen LogP contribution in [0, 0.1) is 0 Å². The zero-order valence-electron chi connectivity index (χ0n) is 8.85. The van der Waals surface area contributed by atoms with Gasteiger partial charge in [0.15, 0.2) is 11.9 Å². The Morgan fingerprint density at radius 3 is 2.35 bits per heavy atom. The molecule has 2 N–H and O–H groups in total. The van der Waals surface area contributed by atoms with Gasteiger partial charge >= 0.3 is 5.97 Å². The molecule has 6 heteroatoms. The Morgan fingerprint density at radius 1 is 1.29 bits per heavy atom. The third-order valence-corrected chi connectivity index (χ3v) is 2.98. The summed E-state index contributed by atoms with van der Waals surface area (Å²) in [7, 11) is 0. The molecule has 0 fully saturated rings. The van der Waals surface area contributed by atoms with Crippen LogP contribution in [0.15, 0.2) is 18.2 Å². The van der Waals surface area contributed by atoms with Gasteiger partial charge < -0.3 is 10.2 Å². The van der Waals surface area contributed by atoms with Crippen molar-refractivity contribution in [3.05, 3.63) is 34.3 Å². The van der Waals surface area contributed by atoms with E-state index < -0.39 is 17.5 Å². The second-order valence-electron chi connectivity index (χ2n) is 3.49. The van der Waals surface area contributed by atoms with E-state index in [-0.39, 0.29) is 21.9 Å². The number of aliphatic hydroxyl groups excluding tert-OH is 1. The topological polar surface area (TPSA) is 74.6 Å². The van der Waals surface area contributed by atoms with E-state index >= 15 is 0 Å². The van der Waals surface area contributed by atoms with Crippen molar-refractivity contribution in [2.24, 2.45) is 0 Å². The highest BCUT2D eigenvalue weighted by Gasteiger charge is 2.25. The molecular formula is C11H10Cl2O4. The summed E-state index contributed by atoms with van der Waals surface area (Å²) < 4.78 is 0. The minimum Gasteiger partial charge on any atom is -0.479 e. The first-order valence-corrected chi connectivity index (χ1v) is 5.50. The monoisotopic (exact) mass is 276 g/mol. The predicted molar refractivity (Wildman–Crippen MR) is 63.3 cm³/mol. The third-order valence-electron chi connectivity index (χ3n) is 2.21. The second-order valence-corrected chi connectivity index (χ2v) is 4.36. The van der Waals surface area contributed by atoms with E-state index in [1.54, 1.807) is 0 Å². The first-order chi connectivity index (χ1) is 7.84. The summed E-state index contributed by atoms with van der Waals surface area (Å²) in [5, 5.41) is 17.5.